The van der Waals surface area contributed by atoms with Crippen LogP contribution in [0, 0.1) is 13.8 Å². The van der Waals surface area contributed by atoms with Gasteiger partial charge in [-0.2, -0.15) is 0 Å². The Morgan fingerprint density at radius 2 is 1.76 bits per heavy atom. The van der Waals surface area contributed by atoms with Gasteiger partial charge in [-0.05, 0) is 57.3 Å². The molecule has 0 spiro atoms. The number of thioether (sulfide) groups is 1. The predicted octanol–water partition coefficient (Wildman–Crippen LogP) is 2.64. The van der Waals surface area contributed by atoms with Gasteiger partial charge in [0, 0.05) is 17.8 Å². The summed E-state index contributed by atoms with van der Waals surface area (Å²) in [4.78, 5) is 35.3. The number of hydrazine groups is 1. The van der Waals surface area contributed by atoms with Crippen molar-refractivity contribution in [3.05, 3.63) is 40.6 Å². The standard InChI is InChI=1S/C20H29N5O3S/c1-6-25(7-2)12-15-8-10-17(28-15)19(27)24-23-18(26)11-9-16-13(3)21-20(29-5)22-14(16)4/h8,10H,6-7,9,11-12H2,1-5H3,(H,23,26)(H,24,27). The molecule has 0 radical (unpaired) electrons. The zero-order valence-electron chi connectivity index (χ0n) is 17.7. The molecule has 0 bridgehead atoms. The molecule has 2 rings (SSSR count). The molecule has 0 unspecified atom stereocenters. The maximum atomic E-state index is 12.2. The zero-order valence-corrected chi connectivity index (χ0v) is 18.5. The summed E-state index contributed by atoms with van der Waals surface area (Å²) >= 11 is 1.49. The topological polar surface area (TPSA) is 100 Å². The number of furan rings is 1. The van der Waals surface area contributed by atoms with Crippen molar-refractivity contribution in [1.29, 1.82) is 0 Å². The van der Waals surface area contributed by atoms with Crippen LogP contribution in [0.1, 0.15) is 53.5 Å². The minimum Gasteiger partial charge on any atom is -0.454 e. The second-order valence-corrected chi connectivity index (χ2v) is 7.36. The zero-order chi connectivity index (χ0) is 21.4. The normalized spacial score (nSPS) is 11.0. The Hall–Kier alpha value is -2.39. The fraction of sp³-hybridized carbons (Fsp3) is 0.500. The molecule has 2 heterocycles. The minimum atomic E-state index is -0.482. The van der Waals surface area contributed by atoms with Gasteiger partial charge in [0.25, 0.3) is 0 Å². The van der Waals surface area contributed by atoms with Crippen LogP contribution in [0.4, 0.5) is 0 Å². The average Bonchev–Trinajstić information content (AvgIpc) is 3.18. The molecule has 0 saturated heterocycles. The van der Waals surface area contributed by atoms with E-state index in [1.807, 2.05) is 20.1 Å². The highest BCUT2D eigenvalue weighted by Crippen LogP contribution is 2.17. The van der Waals surface area contributed by atoms with Gasteiger partial charge in [-0.25, -0.2) is 9.97 Å². The van der Waals surface area contributed by atoms with Gasteiger partial charge in [-0.1, -0.05) is 25.6 Å². The van der Waals surface area contributed by atoms with Crippen molar-refractivity contribution in [1.82, 2.24) is 25.7 Å². The van der Waals surface area contributed by atoms with E-state index in [0.717, 1.165) is 35.2 Å². The third-order valence-corrected chi connectivity index (χ3v) is 5.21. The summed E-state index contributed by atoms with van der Waals surface area (Å²) in [5.74, 6) is 0.107. The number of hydrogen-bond acceptors (Lipinski definition) is 7. The number of hydrogen-bond donors (Lipinski definition) is 2. The van der Waals surface area contributed by atoms with E-state index in [9.17, 15) is 9.59 Å². The molecule has 29 heavy (non-hydrogen) atoms. The van der Waals surface area contributed by atoms with E-state index in [-0.39, 0.29) is 18.1 Å². The summed E-state index contributed by atoms with van der Waals surface area (Å²) in [5.41, 5.74) is 7.52. The van der Waals surface area contributed by atoms with Crippen LogP contribution in [-0.2, 0) is 17.8 Å². The van der Waals surface area contributed by atoms with Crippen LogP contribution in [0.15, 0.2) is 21.7 Å². The first kappa shape index (κ1) is 22.9. The minimum absolute atomic E-state index is 0.167. The Kier molecular flexibility index (Phi) is 8.66. The number of nitrogens with one attached hydrogen (secondary N) is 2. The van der Waals surface area contributed by atoms with Crippen LogP contribution in [0.25, 0.3) is 0 Å². The van der Waals surface area contributed by atoms with Crippen molar-refractivity contribution in [2.24, 2.45) is 0 Å². The molecule has 2 amide bonds. The number of aryl methyl sites for hydroxylation is 2. The SMILES string of the molecule is CCN(CC)Cc1ccc(C(=O)NNC(=O)CCc2c(C)nc(SC)nc2C)o1. The summed E-state index contributed by atoms with van der Waals surface area (Å²) < 4.78 is 5.57. The Balaban J connectivity index is 1.84. The Morgan fingerprint density at radius 3 is 2.34 bits per heavy atom. The van der Waals surface area contributed by atoms with Crippen molar-refractivity contribution in [2.75, 3.05) is 19.3 Å². The lowest BCUT2D eigenvalue weighted by molar-refractivity contribution is -0.121. The van der Waals surface area contributed by atoms with Gasteiger partial charge >= 0.3 is 5.91 Å². The first-order valence-electron chi connectivity index (χ1n) is 9.66. The quantitative estimate of drug-likeness (QED) is 0.366. The van der Waals surface area contributed by atoms with Crippen molar-refractivity contribution < 1.29 is 14.0 Å². The second kappa shape index (κ2) is 11.0. The van der Waals surface area contributed by atoms with Crippen molar-refractivity contribution in [2.45, 2.75) is 52.2 Å². The number of rotatable bonds is 9. The smallest absolute Gasteiger partial charge is 0.305 e. The fourth-order valence-corrected chi connectivity index (χ4v) is 3.36. The summed E-state index contributed by atoms with van der Waals surface area (Å²) in [7, 11) is 0. The molecule has 0 fully saturated rings. The molecule has 0 saturated carbocycles. The number of carbonyl (C=O) groups is 2. The highest BCUT2D eigenvalue weighted by molar-refractivity contribution is 7.98. The third-order valence-electron chi connectivity index (χ3n) is 4.66. The highest BCUT2D eigenvalue weighted by atomic mass is 32.2. The van der Waals surface area contributed by atoms with Gasteiger partial charge in [-0.3, -0.25) is 25.3 Å². The van der Waals surface area contributed by atoms with E-state index in [0.29, 0.717) is 18.7 Å². The van der Waals surface area contributed by atoms with Gasteiger partial charge in [0.05, 0.1) is 6.54 Å². The van der Waals surface area contributed by atoms with Crippen molar-refractivity contribution in [3.8, 4) is 0 Å². The largest absolute Gasteiger partial charge is 0.454 e. The van der Waals surface area contributed by atoms with E-state index in [1.54, 1.807) is 12.1 Å². The lowest BCUT2D eigenvalue weighted by atomic mass is 10.1. The molecule has 2 N–H and O–H groups in total. The van der Waals surface area contributed by atoms with Crippen LogP contribution in [-0.4, -0.2) is 46.0 Å². The van der Waals surface area contributed by atoms with Gasteiger partial charge in [0.1, 0.15) is 5.76 Å². The van der Waals surface area contributed by atoms with E-state index in [2.05, 4.69) is 39.6 Å². The Bertz CT molecular complexity index is 825. The summed E-state index contributed by atoms with van der Waals surface area (Å²) in [5, 5.41) is 0.722. The lowest BCUT2D eigenvalue weighted by Gasteiger charge is -2.15. The van der Waals surface area contributed by atoms with Crippen LogP contribution in [0.5, 0.6) is 0 Å². The van der Waals surface area contributed by atoms with Crippen LogP contribution >= 0.6 is 11.8 Å². The van der Waals surface area contributed by atoms with Gasteiger partial charge in [-0.15, -0.1) is 0 Å². The average molecular weight is 420 g/mol. The molecular formula is C20H29N5O3S. The fourth-order valence-electron chi connectivity index (χ4n) is 2.90. The number of aromatic nitrogens is 2. The molecule has 0 atom stereocenters. The molecule has 0 aliphatic carbocycles. The maximum absolute atomic E-state index is 12.2. The van der Waals surface area contributed by atoms with Gasteiger partial charge in [0.2, 0.25) is 5.91 Å². The van der Waals surface area contributed by atoms with E-state index >= 15 is 0 Å². The number of carbonyl (C=O) groups excluding carboxylic acids is 2. The predicted molar refractivity (Wildman–Crippen MR) is 113 cm³/mol. The lowest BCUT2D eigenvalue weighted by Crippen LogP contribution is -2.41. The summed E-state index contributed by atoms with van der Waals surface area (Å²) in [6.07, 6.45) is 2.65. The van der Waals surface area contributed by atoms with Crippen LogP contribution < -0.4 is 10.9 Å². The van der Waals surface area contributed by atoms with E-state index < -0.39 is 5.91 Å². The molecule has 9 heteroatoms. The van der Waals surface area contributed by atoms with Crippen LogP contribution in [0.3, 0.4) is 0 Å². The van der Waals surface area contributed by atoms with E-state index in [1.165, 1.54) is 11.8 Å². The van der Waals surface area contributed by atoms with Crippen molar-refractivity contribution >= 4 is 23.6 Å². The molecule has 158 valence electrons. The van der Waals surface area contributed by atoms with Crippen molar-refractivity contribution in [3.63, 3.8) is 0 Å². The molecule has 2 aromatic heterocycles. The Morgan fingerprint density at radius 1 is 1.10 bits per heavy atom. The Labute approximate surface area is 175 Å². The van der Waals surface area contributed by atoms with Crippen LogP contribution in [0.2, 0.25) is 0 Å². The van der Waals surface area contributed by atoms with E-state index in [4.69, 9.17) is 4.42 Å². The first-order chi connectivity index (χ1) is 13.9. The van der Waals surface area contributed by atoms with Gasteiger partial charge < -0.3 is 4.42 Å². The third kappa shape index (κ3) is 6.57. The number of amides is 2. The number of nitrogens with zero attached hydrogens (tertiary/aromatic N) is 3. The molecule has 2 aromatic rings. The highest BCUT2D eigenvalue weighted by Gasteiger charge is 2.14. The first-order valence-corrected chi connectivity index (χ1v) is 10.9. The summed E-state index contributed by atoms with van der Waals surface area (Å²) in [6, 6.07) is 3.39. The van der Waals surface area contributed by atoms with Gasteiger partial charge in [0.15, 0.2) is 10.9 Å². The molecule has 0 aliphatic heterocycles. The monoisotopic (exact) mass is 419 g/mol. The molecule has 0 aliphatic rings. The molecular weight excluding hydrogens is 390 g/mol. The second-order valence-electron chi connectivity index (χ2n) is 6.59. The molecule has 0 aromatic carbocycles. The maximum Gasteiger partial charge on any atom is 0.305 e. The summed E-state index contributed by atoms with van der Waals surface area (Å²) in [6.45, 7) is 10.4. The molecule has 8 nitrogen and oxygen atoms in total.